The van der Waals surface area contributed by atoms with Crippen LogP contribution in [0.15, 0.2) is 47.4 Å². The number of carbonyl (C=O) groups excluding carboxylic acids is 2. The van der Waals surface area contributed by atoms with E-state index in [0.29, 0.717) is 5.69 Å². The number of rotatable bonds is 6. The largest absolute Gasteiger partial charge is 0.452 e. The average Bonchev–Trinajstić information content (AvgIpc) is 2.59. The second-order valence-electron chi connectivity index (χ2n) is 5.98. The van der Waals surface area contributed by atoms with Crippen LogP contribution in [0.4, 0.5) is 11.4 Å². The van der Waals surface area contributed by atoms with Crippen molar-refractivity contribution in [3.05, 3.63) is 53.1 Å². The van der Waals surface area contributed by atoms with Crippen LogP contribution in [0, 0.1) is 0 Å². The van der Waals surface area contributed by atoms with E-state index in [1.165, 1.54) is 12.1 Å². The summed E-state index contributed by atoms with van der Waals surface area (Å²) in [5.74, 6) is -1.42. The maximum absolute atomic E-state index is 12.1. The van der Waals surface area contributed by atoms with Gasteiger partial charge in [0.25, 0.3) is 5.91 Å². The first kappa shape index (κ1) is 20.7. The lowest BCUT2D eigenvalue weighted by atomic mass is 10.2. The third-order valence-corrected chi connectivity index (χ3v) is 5.03. The minimum Gasteiger partial charge on any atom is -0.452 e. The number of halogens is 1. The number of nitrogens with one attached hydrogen (secondary N) is 1. The van der Waals surface area contributed by atoms with Gasteiger partial charge in [-0.15, -0.1) is 0 Å². The molecule has 144 valence electrons. The fraction of sp³-hybridized carbons (Fsp3) is 0.222. The van der Waals surface area contributed by atoms with E-state index in [-0.39, 0.29) is 15.5 Å². The molecule has 27 heavy (non-hydrogen) atoms. The monoisotopic (exact) mass is 410 g/mol. The molecular weight excluding hydrogens is 392 g/mol. The minimum atomic E-state index is -3.51. The van der Waals surface area contributed by atoms with Crippen molar-refractivity contribution in [1.29, 1.82) is 0 Å². The molecule has 0 fully saturated rings. The summed E-state index contributed by atoms with van der Waals surface area (Å²) in [7, 11) is 0.293. The van der Waals surface area contributed by atoms with Crippen LogP contribution in [0.1, 0.15) is 10.4 Å². The summed E-state index contributed by atoms with van der Waals surface area (Å²) in [5, 5.41) is 2.64. The Balaban J connectivity index is 2.00. The molecule has 2 rings (SSSR count). The Morgan fingerprint density at radius 1 is 1.11 bits per heavy atom. The third kappa shape index (κ3) is 5.70. The molecular formula is C18H19ClN2O5S. The first-order valence-electron chi connectivity index (χ1n) is 7.82. The molecule has 1 N–H and O–H groups in total. The van der Waals surface area contributed by atoms with Gasteiger partial charge >= 0.3 is 5.97 Å². The quantitative estimate of drug-likeness (QED) is 0.736. The highest BCUT2D eigenvalue weighted by Crippen LogP contribution is 2.21. The second kappa shape index (κ2) is 8.41. The van der Waals surface area contributed by atoms with E-state index >= 15 is 0 Å². The number of hydrogen-bond acceptors (Lipinski definition) is 6. The van der Waals surface area contributed by atoms with Gasteiger partial charge in [0.1, 0.15) is 0 Å². The summed E-state index contributed by atoms with van der Waals surface area (Å²) in [4.78, 5) is 25.9. The van der Waals surface area contributed by atoms with E-state index in [2.05, 4.69) is 5.32 Å². The zero-order chi connectivity index (χ0) is 20.2. The first-order valence-corrected chi connectivity index (χ1v) is 10.1. The predicted molar refractivity (Wildman–Crippen MR) is 104 cm³/mol. The van der Waals surface area contributed by atoms with Crippen molar-refractivity contribution in [2.24, 2.45) is 0 Å². The Labute approximate surface area is 162 Å². The Morgan fingerprint density at radius 2 is 1.74 bits per heavy atom. The van der Waals surface area contributed by atoms with E-state index in [9.17, 15) is 18.0 Å². The summed E-state index contributed by atoms with van der Waals surface area (Å²) in [5.41, 5.74) is 1.40. The number of benzene rings is 2. The Hall–Kier alpha value is -2.58. The SMILES string of the molecule is CN(C)c1ccc(NC(=O)COC(=O)c2cc(S(C)(=O)=O)ccc2Cl)cc1. The number of amides is 1. The van der Waals surface area contributed by atoms with Gasteiger partial charge in [0, 0.05) is 31.7 Å². The highest BCUT2D eigenvalue weighted by atomic mass is 35.5. The fourth-order valence-corrected chi connectivity index (χ4v) is 2.98. The first-order chi connectivity index (χ1) is 12.6. The number of carbonyl (C=O) groups is 2. The molecule has 0 bridgehead atoms. The highest BCUT2D eigenvalue weighted by Gasteiger charge is 2.17. The third-order valence-electron chi connectivity index (χ3n) is 3.59. The van der Waals surface area contributed by atoms with Crippen LogP contribution in [0.2, 0.25) is 5.02 Å². The molecule has 0 radical (unpaired) electrons. The van der Waals surface area contributed by atoms with Crippen LogP contribution in [0.25, 0.3) is 0 Å². The van der Waals surface area contributed by atoms with Crippen LogP contribution < -0.4 is 10.2 Å². The number of anilines is 2. The lowest BCUT2D eigenvalue weighted by molar-refractivity contribution is -0.119. The van der Waals surface area contributed by atoms with Gasteiger partial charge in [-0.05, 0) is 42.5 Å². The predicted octanol–water partition coefficient (Wildman–Crippen LogP) is 2.61. The molecule has 1 amide bonds. The van der Waals surface area contributed by atoms with Crippen LogP contribution in [0.3, 0.4) is 0 Å². The van der Waals surface area contributed by atoms with Crippen molar-refractivity contribution in [2.45, 2.75) is 4.90 Å². The van der Waals surface area contributed by atoms with Gasteiger partial charge in [-0.2, -0.15) is 0 Å². The molecule has 0 saturated carbocycles. The van der Waals surface area contributed by atoms with E-state index in [1.807, 2.05) is 31.1 Å². The molecule has 0 unspecified atom stereocenters. The lowest BCUT2D eigenvalue weighted by Crippen LogP contribution is -2.21. The molecule has 0 aliphatic heterocycles. The average molecular weight is 411 g/mol. The smallest absolute Gasteiger partial charge is 0.340 e. The maximum atomic E-state index is 12.1. The number of ether oxygens (including phenoxy) is 1. The molecule has 7 nitrogen and oxygen atoms in total. The molecule has 0 atom stereocenters. The van der Waals surface area contributed by atoms with Crippen LogP contribution in [-0.4, -0.2) is 47.3 Å². The minimum absolute atomic E-state index is 0.0343. The summed E-state index contributed by atoms with van der Waals surface area (Å²) in [6, 6.07) is 10.8. The van der Waals surface area contributed by atoms with E-state index in [1.54, 1.807) is 12.1 Å². The van der Waals surface area contributed by atoms with Crippen LogP contribution in [0.5, 0.6) is 0 Å². The van der Waals surface area contributed by atoms with Gasteiger partial charge in [0.2, 0.25) is 0 Å². The van der Waals surface area contributed by atoms with Crippen molar-refractivity contribution in [2.75, 3.05) is 37.2 Å². The van der Waals surface area contributed by atoms with Crippen molar-refractivity contribution >= 4 is 44.7 Å². The van der Waals surface area contributed by atoms with E-state index in [0.717, 1.165) is 18.0 Å². The maximum Gasteiger partial charge on any atom is 0.340 e. The number of hydrogen-bond donors (Lipinski definition) is 1. The topological polar surface area (TPSA) is 92.8 Å². The highest BCUT2D eigenvalue weighted by molar-refractivity contribution is 7.90. The van der Waals surface area contributed by atoms with Gasteiger partial charge in [-0.25, -0.2) is 13.2 Å². The fourth-order valence-electron chi connectivity index (χ4n) is 2.14. The molecule has 9 heteroatoms. The van der Waals surface area contributed by atoms with Gasteiger partial charge in [-0.3, -0.25) is 4.79 Å². The van der Waals surface area contributed by atoms with Gasteiger partial charge in [0.05, 0.1) is 15.5 Å². The summed E-state index contributed by atoms with van der Waals surface area (Å²) in [6.07, 6.45) is 1.01. The van der Waals surface area contributed by atoms with Crippen molar-refractivity contribution in [3.63, 3.8) is 0 Å². The van der Waals surface area contributed by atoms with Crippen molar-refractivity contribution < 1.29 is 22.7 Å². The summed E-state index contributed by atoms with van der Waals surface area (Å²) in [6.45, 7) is -0.534. The summed E-state index contributed by atoms with van der Waals surface area (Å²) < 4.78 is 28.1. The van der Waals surface area contributed by atoms with Crippen molar-refractivity contribution in [1.82, 2.24) is 0 Å². The molecule has 0 aromatic heterocycles. The van der Waals surface area contributed by atoms with Gasteiger partial charge in [-0.1, -0.05) is 11.6 Å². The Bertz CT molecular complexity index is 956. The molecule has 2 aromatic rings. The van der Waals surface area contributed by atoms with Gasteiger partial charge in [0.15, 0.2) is 16.4 Å². The van der Waals surface area contributed by atoms with Gasteiger partial charge < -0.3 is 15.0 Å². The number of esters is 1. The van der Waals surface area contributed by atoms with E-state index < -0.39 is 28.3 Å². The molecule has 0 spiro atoms. The number of nitrogens with zero attached hydrogens (tertiary/aromatic N) is 1. The van der Waals surface area contributed by atoms with E-state index in [4.69, 9.17) is 16.3 Å². The molecule has 2 aromatic carbocycles. The zero-order valence-corrected chi connectivity index (χ0v) is 16.6. The van der Waals surface area contributed by atoms with Crippen LogP contribution in [-0.2, 0) is 19.4 Å². The molecule has 0 aliphatic carbocycles. The van der Waals surface area contributed by atoms with Crippen molar-refractivity contribution in [3.8, 4) is 0 Å². The molecule has 0 heterocycles. The standard InChI is InChI=1S/C18H19ClN2O5S/c1-21(2)13-6-4-12(5-7-13)20-17(22)11-26-18(23)15-10-14(27(3,24)25)8-9-16(15)19/h4-10H,11H2,1-3H3,(H,20,22). The Morgan fingerprint density at radius 3 is 2.30 bits per heavy atom. The zero-order valence-electron chi connectivity index (χ0n) is 15.0. The number of sulfone groups is 1. The lowest BCUT2D eigenvalue weighted by Gasteiger charge is -2.13. The summed E-state index contributed by atoms with van der Waals surface area (Å²) >= 11 is 5.93. The second-order valence-corrected chi connectivity index (χ2v) is 8.40. The van der Waals surface area contributed by atoms with Crippen LogP contribution >= 0.6 is 11.6 Å². The Kier molecular flexibility index (Phi) is 6.45. The molecule has 0 aliphatic rings. The molecule has 0 saturated heterocycles. The normalized spacial score (nSPS) is 11.0.